The second kappa shape index (κ2) is 3.85. The van der Waals surface area contributed by atoms with Crippen LogP contribution in [0.3, 0.4) is 0 Å². The lowest BCUT2D eigenvalue weighted by molar-refractivity contribution is -0.127. The first kappa shape index (κ1) is 12.8. The topological polar surface area (TPSA) is 37.4 Å². The van der Waals surface area contributed by atoms with Crippen LogP contribution in [0.2, 0.25) is 0 Å². The maximum Gasteiger partial charge on any atom is 0.241 e. The highest BCUT2D eigenvalue weighted by Crippen LogP contribution is 2.61. The van der Waals surface area contributed by atoms with E-state index in [1.165, 1.54) is 4.90 Å². The van der Waals surface area contributed by atoms with E-state index in [1.54, 1.807) is 0 Å². The van der Waals surface area contributed by atoms with Gasteiger partial charge in [-0.3, -0.25) is 9.59 Å². The van der Waals surface area contributed by atoms with Crippen LogP contribution < -0.4 is 4.90 Å². The number of nitrogens with zero attached hydrogens (tertiary/aromatic N) is 1. The molecule has 0 unspecified atom stereocenters. The van der Waals surface area contributed by atoms with Crippen molar-refractivity contribution < 1.29 is 9.59 Å². The summed E-state index contributed by atoms with van der Waals surface area (Å²) in [5, 5.41) is 0. The van der Waals surface area contributed by atoms with Crippen molar-refractivity contribution in [3.05, 3.63) is 41.5 Å². The van der Waals surface area contributed by atoms with Gasteiger partial charge in [0.15, 0.2) is 0 Å². The van der Waals surface area contributed by atoms with E-state index < -0.39 is 5.41 Å². The molecule has 3 heteroatoms. The van der Waals surface area contributed by atoms with Crippen LogP contribution in [0.5, 0.6) is 0 Å². The molecular formula is C18H19NO2. The molecule has 21 heavy (non-hydrogen) atoms. The number of aryl methyl sites for hydroxylation is 1. The largest absolute Gasteiger partial charge is 0.274 e. The maximum atomic E-state index is 13.0. The number of anilines is 1. The predicted molar refractivity (Wildman–Crippen MR) is 80.7 cm³/mol. The molecule has 2 amide bonds. The van der Waals surface area contributed by atoms with Crippen molar-refractivity contribution in [1.82, 2.24) is 0 Å². The molecule has 1 saturated heterocycles. The van der Waals surface area contributed by atoms with E-state index >= 15 is 0 Å². The third-order valence-corrected chi connectivity index (χ3v) is 5.93. The molecule has 4 atom stereocenters. The van der Waals surface area contributed by atoms with Gasteiger partial charge < -0.3 is 0 Å². The molecule has 3 aliphatic rings. The number of fused-ring (bicyclic) bond motifs is 5. The van der Waals surface area contributed by atoms with Gasteiger partial charge in [-0.1, -0.05) is 24.3 Å². The summed E-state index contributed by atoms with van der Waals surface area (Å²) in [5.74, 6) is 0.279. The molecule has 2 aliphatic carbocycles. The fraction of sp³-hybridized carbons (Fsp3) is 0.444. The quantitative estimate of drug-likeness (QED) is 0.586. The number of allylic oxidation sites excluding steroid dienone is 2. The third kappa shape index (κ3) is 1.34. The molecule has 0 N–H and O–H groups in total. The Balaban J connectivity index is 1.85. The molecule has 4 rings (SSSR count). The molecule has 0 aromatic heterocycles. The van der Waals surface area contributed by atoms with Crippen molar-refractivity contribution in [2.75, 3.05) is 4.90 Å². The molecule has 1 saturated carbocycles. The van der Waals surface area contributed by atoms with E-state index in [4.69, 9.17) is 0 Å². The molecule has 0 spiro atoms. The van der Waals surface area contributed by atoms with Gasteiger partial charge in [0.1, 0.15) is 0 Å². The number of hydrogen-bond donors (Lipinski definition) is 0. The van der Waals surface area contributed by atoms with E-state index in [9.17, 15) is 9.59 Å². The zero-order valence-corrected chi connectivity index (χ0v) is 12.6. The zero-order chi connectivity index (χ0) is 14.9. The van der Waals surface area contributed by atoms with Crippen LogP contribution in [0.25, 0.3) is 0 Å². The Hall–Kier alpha value is -1.90. The van der Waals surface area contributed by atoms with Gasteiger partial charge in [0.25, 0.3) is 0 Å². The molecular weight excluding hydrogens is 262 g/mol. The minimum atomic E-state index is -0.535. The average Bonchev–Trinajstić information content (AvgIpc) is 3.07. The number of hydrogen-bond acceptors (Lipinski definition) is 2. The Morgan fingerprint density at radius 3 is 2.67 bits per heavy atom. The number of amides is 2. The lowest BCUT2D eigenvalue weighted by Gasteiger charge is -2.28. The fourth-order valence-corrected chi connectivity index (χ4v) is 4.51. The van der Waals surface area contributed by atoms with Crippen LogP contribution in [-0.4, -0.2) is 11.8 Å². The summed E-state index contributed by atoms with van der Waals surface area (Å²) in [4.78, 5) is 27.4. The number of benzene rings is 1. The number of imide groups is 1. The van der Waals surface area contributed by atoms with Crippen molar-refractivity contribution in [3.63, 3.8) is 0 Å². The zero-order valence-electron chi connectivity index (χ0n) is 12.6. The van der Waals surface area contributed by atoms with E-state index in [2.05, 4.69) is 12.2 Å². The predicted octanol–water partition coefficient (Wildman–Crippen LogP) is 3.01. The summed E-state index contributed by atoms with van der Waals surface area (Å²) in [6.45, 7) is 5.98. The molecule has 108 valence electrons. The average molecular weight is 281 g/mol. The highest BCUT2D eigenvalue weighted by Gasteiger charge is 2.67. The van der Waals surface area contributed by atoms with Gasteiger partial charge in [0, 0.05) is 0 Å². The SMILES string of the molecule is Cc1cccc(N2C(=O)[C@@H]3[C@H]4C=C[C@@H](C4)[C@]3(C)C2=O)c1C. The van der Waals surface area contributed by atoms with Crippen LogP contribution in [0.15, 0.2) is 30.4 Å². The standard InChI is InChI=1S/C18H19NO2/c1-10-5-4-6-14(11(10)2)19-16(20)15-12-7-8-13(9-12)18(15,3)17(19)21/h4-8,12-13,15H,9H2,1-3H3/t12-,13-,15-,18-/m0/s1. The lowest BCUT2D eigenvalue weighted by atomic mass is 9.71. The number of carbonyl (C=O) groups excluding carboxylic acids is 2. The van der Waals surface area contributed by atoms with Crippen molar-refractivity contribution in [1.29, 1.82) is 0 Å². The molecule has 1 aromatic carbocycles. The molecule has 3 nitrogen and oxygen atoms in total. The van der Waals surface area contributed by atoms with Gasteiger partial charge >= 0.3 is 0 Å². The van der Waals surface area contributed by atoms with Gasteiger partial charge in [0.2, 0.25) is 11.8 Å². The first-order valence-corrected chi connectivity index (χ1v) is 7.59. The molecule has 1 aliphatic heterocycles. The van der Waals surface area contributed by atoms with Gasteiger partial charge in [-0.25, -0.2) is 4.90 Å². The second-order valence-corrected chi connectivity index (χ2v) is 6.85. The highest BCUT2D eigenvalue weighted by molar-refractivity contribution is 6.24. The van der Waals surface area contributed by atoms with Crippen LogP contribution in [0, 0.1) is 37.0 Å². The Labute approximate surface area is 124 Å². The minimum absolute atomic E-state index is 0.00644. The molecule has 2 fully saturated rings. The van der Waals surface area contributed by atoms with Gasteiger partial charge in [0.05, 0.1) is 17.0 Å². The minimum Gasteiger partial charge on any atom is -0.274 e. The maximum absolute atomic E-state index is 13.0. The summed E-state index contributed by atoms with van der Waals surface area (Å²) in [5.41, 5.74) is 2.35. The van der Waals surface area contributed by atoms with E-state index in [-0.39, 0.29) is 29.6 Å². The van der Waals surface area contributed by atoms with Gasteiger partial charge in [-0.2, -0.15) is 0 Å². The summed E-state index contributed by atoms with van der Waals surface area (Å²) < 4.78 is 0. The summed E-state index contributed by atoms with van der Waals surface area (Å²) >= 11 is 0. The lowest BCUT2D eigenvalue weighted by Crippen LogP contribution is -2.37. The normalized spacial score (nSPS) is 36.7. The van der Waals surface area contributed by atoms with Gasteiger partial charge in [-0.05, 0) is 56.2 Å². The van der Waals surface area contributed by atoms with E-state index in [0.29, 0.717) is 0 Å². The second-order valence-electron chi connectivity index (χ2n) is 6.85. The van der Waals surface area contributed by atoms with Crippen LogP contribution in [0.1, 0.15) is 24.5 Å². The monoisotopic (exact) mass is 281 g/mol. The van der Waals surface area contributed by atoms with Gasteiger partial charge in [-0.15, -0.1) is 0 Å². The third-order valence-electron chi connectivity index (χ3n) is 5.93. The van der Waals surface area contributed by atoms with Crippen LogP contribution in [0.4, 0.5) is 5.69 Å². The first-order valence-electron chi connectivity index (χ1n) is 7.59. The van der Waals surface area contributed by atoms with E-state index in [0.717, 1.165) is 23.2 Å². The van der Waals surface area contributed by atoms with Crippen LogP contribution in [-0.2, 0) is 9.59 Å². The molecule has 2 bridgehead atoms. The highest BCUT2D eigenvalue weighted by atomic mass is 16.2. The molecule has 0 radical (unpaired) electrons. The number of carbonyl (C=O) groups is 2. The molecule has 1 aromatic rings. The number of rotatable bonds is 1. The Bertz CT molecular complexity index is 705. The summed E-state index contributed by atoms with van der Waals surface area (Å²) in [6, 6.07) is 5.82. The van der Waals surface area contributed by atoms with Crippen molar-refractivity contribution in [2.24, 2.45) is 23.2 Å². The van der Waals surface area contributed by atoms with Crippen molar-refractivity contribution in [3.8, 4) is 0 Å². The summed E-state index contributed by atoms with van der Waals surface area (Å²) in [7, 11) is 0. The Kier molecular flexibility index (Phi) is 2.35. The Morgan fingerprint density at radius 2 is 1.95 bits per heavy atom. The Morgan fingerprint density at radius 1 is 1.19 bits per heavy atom. The van der Waals surface area contributed by atoms with E-state index in [1.807, 2.05) is 39.0 Å². The summed E-state index contributed by atoms with van der Waals surface area (Å²) in [6.07, 6.45) is 5.23. The first-order chi connectivity index (χ1) is 9.96. The van der Waals surface area contributed by atoms with Crippen molar-refractivity contribution >= 4 is 17.5 Å². The van der Waals surface area contributed by atoms with Crippen LogP contribution >= 0.6 is 0 Å². The molecule has 1 heterocycles. The van der Waals surface area contributed by atoms with Crippen molar-refractivity contribution in [2.45, 2.75) is 27.2 Å². The fourth-order valence-electron chi connectivity index (χ4n) is 4.51. The smallest absolute Gasteiger partial charge is 0.241 e.